The minimum absolute atomic E-state index is 0. The van der Waals surface area contributed by atoms with E-state index in [1.807, 2.05) is 0 Å². The van der Waals surface area contributed by atoms with Crippen molar-refractivity contribution in [2.75, 3.05) is 0 Å². The number of halogens is 3. The number of hydrogen-bond donors (Lipinski definition) is 0. The molecule has 0 saturated carbocycles. The Morgan fingerprint density at radius 1 is 1.20 bits per heavy atom. The van der Waals surface area contributed by atoms with Gasteiger partial charge in [0.1, 0.15) is 0 Å². The van der Waals surface area contributed by atoms with Crippen molar-refractivity contribution < 1.29 is 64.3 Å². The van der Waals surface area contributed by atoms with E-state index < -0.39 is 24.5 Å². The van der Waals surface area contributed by atoms with Crippen LogP contribution in [0, 0.1) is 0 Å². The Kier molecular flexibility index (Phi) is 5.55. The quantitative estimate of drug-likeness (QED) is 0.411. The van der Waals surface area contributed by atoms with Gasteiger partial charge in [-0.1, -0.05) is 0 Å². The van der Waals surface area contributed by atoms with Gasteiger partial charge in [-0.15, -0.1) is 0 Å². The number of aryl methyl sites for hydroxylation is 1. The molecule has 0 aliphatic rings. The van der Waals surface area contributed by atoms with Gasteiger partial charge in [-0.05, 0) is 6.44 Å². The van der Waals surface area contributed by atoms with Crippen LogP contribution in [0.5, 0.6) is 0 Å². The van der Waals surface area contributed by atoms with Crippen LogP contribution in [0.15, 0.2) is 22.0 Å². The maximum atomic E-state index is 11.9. The van der Waals surface area contributed by atoms with Crippen LogP contribution in [-0.4, -0.2) is 16.1 Å². The van der Waals surface area contributed by atoms with Gasteiger partial charge in [-0.2, -0.15) is 0 Å². The molecule has 0 saturated heterocycles. The monoisotopic (exact) mass is 246 g/mol. The molecule has 1 aromatic heterocycles. The second-order valence-corrected chi connectivity index (χ2v) is 2.88. The molecule has 0 aromatic carbocycles. The van der Waals surface area contributed by atoms with Gasteiger partial charge in [0.25, 0.3) is 0 Å². The minimum Gasteiger partial charge on any atom is -0.448 e. The molecule has 0 aliphatic heterocycles. The SMILES string of the molecule is Cn1ccn(C[B-](F)(F)F)c(=O)c1=O.[K+]. The summed E-state index contributed by atoms with van der Waals surface area (Å²) in [6, 6.07) is 0. The second-order valence-electron chi connectivity index (χ2n) is 2.88. The Morgan fingerprint density at radius 3 is 2.20 bits per heavy atom. The van der Waals surface area contributed by atoms with Crippen LogP contribution in [-0.2, 0) is 13.5 Å². The van der Waals surface area contributed by atoms with Crippen molar-refractivity contribution in [2.24, 2.45) is 7.05 Å². The number of rotatable bonds is 2. The molecule has 4 nitrogen and oxygen atoms in total. The smallest absolute Gasteiger partial charge is 0.448 e. The molecule has 0 spiro atoms. The van der Waals surface area contributed by atoms with E-state index in [4.69, 9.17) is 0 Å². The first kappa shape index (κ1) is 15.2. The van der Waals surface area contributed by atoms with E-state index in [9.17, 15) is 22.5 Å². The third kappa shape index (κ3) is 4.27. The van der Waals surface area contributed by atoms with Gasteiger partial charge in [-0.3, -0.25) is 9.59 Å². The van der Waals surface area contributed by atoms with Gasteiger partial charge in [-0.25, -0.2) is 0 Å². The average Bonchev–Trinajstić information content (AvgIpc) is 2.04. The fraction of sp³-hybridized carbons (Fsp3) is 0.333. The molecule has 1 heterocycles. The maximum Gasteiger partial charge on any atom is 1.00 e. The van der Waals surface area contributed by atoms with E-state index >= 15 is 0 Å². The van der Waals surface area contributed by atoms with Crippen molar-refractivity contribution in [3.05, 3.63) is 33.1 Å². The second kappa shape index (κ2) is 5.48. The Labute approximate surface area is 126 Å². The Morgan fingerprint density at radius 2 is 1.73 bits per heavy atom. The fourth-order valence-electron chi connectivity index (χ4n) is 0.956. The molecule has 0 N–H and O–H groups in total. The van der Waals surface area contributed by atoms with Crippen molar-refractivity contribution in [3.8, 4) is 0 Å². The summed E-state index contributed by atoms with van der Waals surface area (Å²) in [5, 5.41) is 0. The van der Waals surface area contributed by atoms with Crippen molar-refractivity contribution in [1.29, 1.82) is 0 Å². The largest absolute Gasteiger partial charge is 1.00 e. The number of nitrogens with zero attached hydrogens (tertiary/aromatic N) is 2. The molecule has 0 aliphatic carbocycles. The van der Waals surface area contributed by atoms with Crippen molar-refractivity contribution in [1.82, 2.24) is 9.13 Å². The molecular formula is C6H7BF3KN2O2. The molecule has 0 bridgehead atoms. The van der Waals surface area contributed by atoms with Gasteiger partial charge < -0.3 is 22.1 Å². The summed E-state index contributed by atoms with van der Waals surface area (Å²) in [6.45, 7) is -5.11. The van der Waals surface area contributed by atoms with Crippen LogP contribution >= 0.6 is 0 Å². The van der Waals surface area contributed by atoms with E-state index in [-0.39, 0.29) is 51.4 Å². The van der Waals surface area contributed by atoms with E-state index in [2.05, 4.69) is 0 Å². The zero-order valence-corrected chi connectivity index (χ0v) is 11.4. The summed E-state index contributed by atoms with van der Waals surface area (Å²) in [4.78, 5) is 22.0. The summed E-state index contributed by atoms with van der Waals surface area (Å²) < 4.78 is 37.1. The standard InChI is InChI=1S/C6H7BF3N2O2.K/c1-11-2-3-12(4-7(8,9)10)6(14)5(11)13;/h2-3H,4H2,1H3;/q-1;+1. The Bertz CT molecular complexity index is 453. The summed E-state index contributed by atoms with van der Waals surface area (Å²) in [6.07, 6.45) is 0.680. The van der Waals surface area contributed by atoms with Gasteiger partial charge in [0.2, 0.25) is 0 Å². The topological polar surface area (TPSA) is 44.0 Å². The maximum absolute atomic E-state index is 11.9. The third-order valence-corrected chi connectivity index (χ3v) is 1.64. The third-order valence-electron chi connectivity index (χ3n) is 1.64. The van der Waals surface area contributed by atoms with E-state index in [1.54, 1.807) is 0 Å². The fourth-order valence-corrected chi connectivity index (χ4v) is 0.956. The molecule has 1 rings (SSSR count). The predicted molar refractivity (Wildman–Crippen MR) is 45.0 cm³/mol. The Balaban J connectivity index is 0.00000196. The molecule has 78 valence electrons. The first-order chi connectivity index (χ1) is 6.31. The molecule has 0 amide bonds. The predicted octanol–water partition coefficient (Wildman–Crippen LogP) is -3.06. The van der Waals surface area contributed by atoms with E-state index in [0.29, 0.717) is 4.57 Å². The van der Waals surface area contributed by atoms with Gasteiger partial charge >= 0.3 is 69.5 Å². The number of hydrogen-bond acceptors (Lipinski definition) is 2. The van der Waals surface area contributed by atoms with Gasteiger partial charge in [0, 0.05) is 19.4 Å². The normalized spacial score (nSPS) is 10.9. The van der Waals surface area contributed by atoms with Crippen molar-refractivity contribution >= 4 is 6.98 Å². The van der Waals surface area contributed by atoms with Crippen molar-refractivity contribution in [2.45, 2.75) is 6.44 Å². The molecule has 15 heavy (non-hydrogen) atoms. The van der Waals surface area contributed by atoms with Crippen molar-refractivity contribution in [3.63, 3.8) is 0 Å². The zero-order chi connectivity index (χ0) is 10.9. The molecule has 0 fully saturated rings. The zero-order valence-electron chi connectivity index (χ0n) is 8.28. The van der Waals surface area contributed by atoms with Gasteiger partial charge in [0.05, 0.1) is 0 Å². The number of aromatic nitrogens is 2. The molecule has 1 aromatic rings. The summed E-state index contributed by atoms with van der Waals surface area (Å²) in [7, 11) is 1.30. The minimum atomic E-state index is -5.11. The van der Waals surface area contributed by atoms with E-state index in [1.165, 1.54) is 7.05 Å². The summed E-state index contributed by atoms with van der Waals surface area (Å²) >= 11 is 0. The molecule has 0 radical (unpaired) electrons. The van der Waals surface area contributed by atoms with E-state index in [0.717, 1.165) is 17.0 Å². The average molecular weight is 246 g/mol. The summed E-state index contributed by atoms with van der Waals surface area (Å²) in [5.74, 6) is 0. The van der Waals surface area contributed by atoms with Crippen LogP contribution in [0.3, 0.4) is 0 Å². The Hall–Kier alpha value is 0.171. The van der Waals surface area contributed by atoms with Crippen LogP contribution in [0.4, 0.5) is 12.9 Å². The first-order valence-electron chi connectivity index (χ1n) is 3.78. The van der Waals surface area contributed by atoms with Crippen LogP contribution < -0.4 is 62.5 Å². The van der Waals surface area contributed by atoms with Crippen LogP contribution in [0.1, 0.15) is 0 Å². The van der Waals surface area contributed by atoms with Crippen LogP contribution in [0.25, 0.3) is 0 Å². The van der Waals surface area contributed by atoms with Crippen LogP contribution in [0.2, 0.25) is 0 Å². The molecule has 0 unspecified atom stereocenters. The van der Waals surface area contributed by atoms with Gasteiger partial charge in [0.15, 0.2) is 0 Å². The summed E-state index contributed by atoms with van der Waals surface area (Å²) in [5.41, 5.74) is -2.12. The first-order valence-corrected chi connectivity index (χ1v) is 3.78. The molecule has 9 heteroatoms. The molecule has 0 atom stereocenters. The molecular weight excluding hydrogens is 239 g/mol.